The maximum absolute atomic E-state index is 13.3. The Bertz CT molecular complexity index is 1260. The molecule has 2 aliphatic heterocycles. The number of amidine groups is 1. The van der Waals surface area contributed by atoms with Gasteiger partial charge >= 0.3 is 0 Å². The van der Waals surface area contributed by atoms with E-state index in [1.54, 1.807) is 5.01 Å². The highest BCUT2D eigenvalue weighted by Crippen LogP contribution is 2.37. The van der Waals surface area contributed by atoms with Gasteiger partial charge in [-0.25, -0.2) is 14.3 Å². The Kier molecular flexibility index (Phi) is 5.98. The fourth-order valence-electron chi connectivity index (χ4n) is 4.18. The Hall–Kier alpha value is -3.78. The maximum atomic E-state index is 13.3. The van der Waals surface area contributed by atoms with Gasteiger partial charge in [-0.05, 0) is 35.4 Å². The number of anilines is 1. The Labute approximate surface area is 200 Å². The molecule has 0 bridgehead atoms. The molecule has 2 heterocycles. The highest BCUT2D eigenvalue weighted by molar-refractivity contribution is 8.14. The van der Waals surface area contributed by atoms with E-state index < -0.39 is 17.0 Å². The number of benzene rings is 3. The molecule has 3 aromatic carbocycles. The normalized spacial score (nSPS) is 20.1. The van der Waals surface area contributed by atoms with Crippen LogP contribution in [0, 0.1) is 11.2 Å². The third-order valence-electron chi connectivity index (χ3n) is 5.85. The quantitative estimate of drug-likeness (QED) is 0.330. The molecule has 6 nitrogen and oxygen atoms in total. The Balaban J connectivity index is 1.38. The molecule has 1 N–H and O–H groups in total. The predicted molar refractivity (Wildman–Crippen MR) is 131 cm³/mol. The standard InChI is InChI=1S/C26H21FN4O2S/c27-19-11-13-20(14-12-19)30-24(32)16-23(25(30)33)34-26(28)31-22(18-9-5-2-6-10-18)15-21(29-31)17-7-3-1-4-8-17/h1-14,22-23,28H,15-16H2/t22-,23-/m1/s1. The zero-order chi connectivity index (χ0) is 23.7. The number of halogens is 1. The van der Waals surface area contributed by atoms with Crippen LogP contribution in [0.25, 0.3) is 0 Å². The fourth-order valence-corrected chi connectivity index (χ4v) is 5.16. The van der Waals surface area contributed by atoms with Crippen LogP contribution >= 0.6 is 11.8 Å². The van der Waals surface area contributed by atoms with E-state index in [9.17, 15) is 14.0 Å². The summed E-state index contributed by atoms with van der Waals surface area (Å²) in [5, 5.41) is 14.5. The van der Waals surface area contributed by atoms with Gasteiger partial charge in [0.2, 0.25) is 11.8 Å². The minimum absolute atomic E-state index is 0.0254. The first-order valence-corrected chi connectivity index (χ1v) is 11.7. The number of nitrogens with zero attached hydrogens (tertiary/aromatic N) is 3. The van der Waals surface area contributed by atoms with Crippen molar-refractivity contribution >= 4 is 40.1 Å². The number of hydrazone groups is 1. The Morgan fingerprint density at radius 1 is 0.912 bits per heavy atom. The van der Waals surface area contributed by atoms with Crippen LogP contribution in [-0.2, 0) is 9.59 Å². The summed E-state index contributed by atoms with van der Waals surface area (Å²) in [5.74, 6) is -1.21. The van der Waals surface area contributed by atoms with E-state index in [1.165, 1.54) is 24.3 Å². The molecule has 0 unspecified atom stereocenters. The number of rotatable bonds is 4. The van der Waals surface area contributed by atoms with Crippen LogP contribution in [0.1, 0.15) is 30.0 Å². The highest BCUT2D eigenvalue weighted by Gasteiger charge is 2.42. The number of hydrogen-bond donors (Lipinski definition) is 1. The van der Waals surface area contributed by atoms with Gasteiger partial charge in [-0.1, -0.05) is 72.4 Å². The molecular weight excluding hydrogens is 451 g/mol. The highest BCUT2D eigenvalue weighted by atomic mass is 32.2. The van der Waals surface area contributed by atoms with E-state index in [2.05, 4.69) is 0 Å². The van der Waals surface area contributed by atoms with Gasteiger partial charge in [-0.15, -0.1) is 0 Å². The van der Waals surface area contributed by atoms with Crippen LogP contribution < -0.4 is 4.90 Å². The molecule has 2 aliphatic rings. The molecule has 170 valence electrons. The Morgan fingerprint density at radius 3 is 2.24 bits per heavy atom. The zero-order valence-electron chi connectivity index (χ0n) is 18.1. The van der Waals surface area contributed by atoms with Crippen LogP contribution in [0.2, 0.25) is 0 Å². The minimum atomic E-state index is -0.738. The van der Waals surface area contributed by atoms with Crippen LogP contribution in [0.5, 0.6) is 0 Å². The molecule has 0 radical (unpaired) electrons. The van der Waals surface area contributed by atoms with Crippen molar-refractivity contribution in [3.63, 3.8) is 0 Å². The van der Waals surface area contributed by atoms with Crippen molar-refractivity contribution in [1.82, 2.24) is 5.01 Å². The van der Waals surface area contributed by atoms with Gasteiger partial charge in [0.1, 0.15) is 11.1 Å². The number of hydrogen-bond acceptors (Lipinski definition) is 5. The number of carbonyl (C=O) groups is 2. The molecule has 3 aromatic rings. The summed E-state index contributed by atoms with van der Waals surface area (Å²) < 4.78 is 13.3. The second-order valence-electron chi connectivity index (χ2n) is 8.05. The van der Waals surface area contributed by atoms with Crippen molar-refractivity contribution in [2.75, 3.05) is 4.90 Å². The van der Waals surface area contributed by atoms with Crippen molar-refractivity contribution in [1.29, 1.82) is 5.41 Å². The van der Waals surface area contributed by atoms with E-state index in [1.807, 2.05) is 60.7 Å². The molecule has 2 amide bonds. The van der Waals surface area contributed by atoms with E-state index in [-0.39, 0.29) is 23.5 Å². The molecule has 5 rings (SSSR count). The lowest BCUT2D eigenvalue weighted by Gasteiger charge is -2.24. The fraction of sp³-hybridized carbons (Fsp3) is 0.154. The van der Waals surface area contributed by atoms with E-state index >= 15 is 0 Å². The first-order valence-electron chi connectivity index (χ1n) is 10.9. The van der Waals surface area contributed by atoms with Crippen LogP contribution in [0.15, 0.2) is 90.0 Å². The zero-order valence-corrected chi connectivity index (χ0v) is 18.9. The summed E-state index contributed by atoms with van der Waals surface area (Å²) in [6, 6.07) is 24.7. The van der Waals surface area contributed by atoms with Crippen molar-refractivity contribution in [2.24, 2.45) is 5.10 Å². The van der Waals surface area contributed by atoms with Crippen LogP contribution in [0.4, 0.5) is 10.1 Å². The average Bonchev–Trinajstić information content (AvgIpc) is 3.42. The lowest BCUT2D eigenvalue weighted by Crippen LogP contribution is -2.32. The molecule has 0 spiro atoms. The van der Waals surface area contributed by atoms with Crippen molar-refractivity contribution < 1.29 is 14.0 Å². The van der Waals surface area contributed by atoms with Gasteiger partial charge in [0.25, 0.3) is 0 Å². The van der Waals surface area contributed by atoms with Crippen LogP contribution in [0.3, 0.4) is 0 Å². The summed E-state index contributed by atoms with van der Waals surface area (Å²) >= 11 is 1.03. The summed E-state index contributed by atoms with van der Waals surface area (Å²) in [6.45, 7) is 0. The average molecular weight is 473 g/mol. The third kappa shape index (κ3) is 4.24. The molecular formula is C26H21FN4O2S. The molecule has 0 aliphatic carbocycles. The molecule has 34 heavy (non-hydrogen) atoms. The predicted octanol–water partition coefficient (Wildman–Crippen LogP) is 4.98. The molecule has 8 heteroatoms. The lowest BCUT2D eigenvalue weighted by atomic mass is 9.99. The largest absolute Gasteiger partial charge is 0.277 e. The SMILES string of the molecule is N=C(S[C@@H]1CC(=O)N(c2ccc(F)cc2)C1=O)N1N=C(c2ccccc2)C[C@@H]1c1ccccc1. The number of nitrogens with one attached hydrogen (secondary N) is 1. The monoisotopic (exact) mass is 472 g/mol. The van der Waals surface area contributed by atoms with Gasteiger partial charge in [-0.3, -0.25) is 15.0 Å². The summed E-state index contributed by atoms with van der Waals surface area (Å²) in [7, 11) is 0. The number of thioether (sulfide) groups is 1. The number of amides is 2. The molecule has 0 saturated carbocycles. The van der Waals surface area contributed by atoms with Gasteiger partial charge in [0.15, 0.2) is 5.17 Å². The van der Waals surface area contributed by atoms with Gasteiger partial charge in [0.05, 0.1) is 17.4 Å². The Morgan fingerprint density at radius 2 is 1.56 bits per heavy atom. The summed E-state index contributed by atoms with van der Waals surface area (Å²) in [6.07, 6.45) is 0.596. The maximum Gasteiger partial charge on any atom is 0.247 e. The van der Waals surface area contributed by atoms with E-state index in [4.69, 9.17) is 10.5 Å². The van der Waals surface area contributed by atoms with Crippen molar-refractivity contribution in [3.8, 4) is 0 Å². The molecule has 0 aromatic heterocycles. The van der Waals surface area contributed by atoms with E-state index in [0.29, 0.717) is 12.1 Å². The topological polar surface area (TPSA) is 76.8 Å². The van der Waals surface area contributed by atoms with Crippen molar-refractivity contribution in [3.05, 3.63) is 102 Å². The van der Waals surface area contributed by atoms with Crippen molar-refractivity contribution in [2.45, 2.75) is 24.1 Å². The molecule has 1 saturated heterocycles. The first-order chi connectivity index (χ1) is 16.5. The second-order valence-corrected chi connectivity index (χ2v) is 9.24. The summed E-state index contributed by atoms with van der Waals surface area (Å²) in [4.78, 5) is 26.7. The van der Waals surface area contributed by atoms with Crippen LogP contribution in [-0.4, -0.2) is 33.0 Å². The van der Waals surface area contributed by atoms with Gasteiger partial charge in [0, 0.05) is 12.8 Å². The number of imide groups is 1. The smallest absolute Gasteiger partial charge is 0.247 e. The summed E-state index contributed by atoms with van der Waals surface area (Å²) in [5.41, 5.74) is 3.20. The lowest BCUT2D eigenvalue weighted by molar-refractivity contribution is -0.121. The minimum Gasteiger partial charge on any atom is -0.277 e. The second kappa shape index (κ2) is 9.23. The molecule has 2 atom stereocenters. The van der Waals surface area contributed by atoms with Gasteiger partial charge < -0.3 is 0 Å². The van der Waals surface area contributed by atoms with Gasteiger partial charge in [-0.2, -0.15) is 5.10 Å². The number of carbonyl (C=O) groups excluding carboxylic acids is 2. The molecule has 1 fully saturated rings. The van der Waals surface area contributed by atoms with E-state index in [0.717, 1.165) is 33.5 Å². The first kappa shape index (κ1) is 22.0. The third-order valence-corrected chi connectivity index (χ3v) is 6.92.